The molecule has 1 aromatic heterocycles. The zero-order chi connectivity index (χ0) is 23.7. The van der Waals surface area contributed by atoms with Gasteiger partial charge in [-0.1, -0.05) is 18.2 Å². The lowest BCUT2D eigenvalue weighted by atomic mass is 10.1. The molecule has 2 saturated heterocycles. The average molecular weight is 483 g/mol. The number of ether oxygens (including phenoxy) is 1. The number of nitrogens with zero attached hydrogens (tertiary/aromatic N) is 2. The number of rotatable bonds is 6. The molecule has 9 heteroatoms. The van der Waals surface area contributed by atoms with E-state index in [4.69, 9.17) is 4.74 Å². The number of nitrogens with one attached hydrogen (secondary N) is 2. The SMILES string of the molecule is CC1COCCN1C(=O)CNS(=O)(=O)c1ccc(N2CCCC2)c(-c2cc3ccccc3[nH]2)c1. The molecule has 180 valence electrons. The van der Waals surface area contributed by atoms with Gasteiger partial charge < -0.3 is 19.5 Å². The first kappa shape index (κ1) is 22.9. The topological polar surface area (TPSA) is 94.7 Å². The molecule has 1 unspecified atom stereocenters. The van der Waals surface area contributed by atoms with E-state index in [1.807, 2.05) is 37.3 Å². The van der Waals surface area contributed by atoms with Gasteiger partial charge >= 0.3 is 0 Å². The summed E-state index contributed by atoms with van der Waals surface area (Å²) in [6.07, 6.45) is 2.24. The number of carbonyl (C=O) groups excluding carboxylic acids is 1. The van der Waals surface area contributed by atoms with Crippen LogP contribution in [0.3, 0.4) is 0 Å². The highest BCUT2D eigenvalue weighted by Crippen LogP contribution is 2.36. The normalized spacial score (nSPS) is 19.1. The number of fused-ring (bicyclic) bond motifs is 1. The van der Waals surface area contributed by atoms with Crippen molar-refractivity contribution >= 4 is 32.5 Å². The van der Waals surface area contributed by atoms with E-state index in [-0.39, 0.29) is 23.4 Å². The Kier molecular flexibility index (Phi) is 6.33. The number of sulfonamides is 1. The summed E-state index contributed by atoms with van der Waals surface area (Å²) in [6, 6.07) is 15.2. The molecule has 2 fully saturated rings. The van der Waals surface area contributed by atoms with Crippen LogP contribution in [0.4, 0.5) is 5.69 Å². The summed E-state index contributed by atoms with van der Waals surface area (Å²) in [4.78, 5) is 20.2. The number of carbonyl (C=O) groups is 1. The van der Waals surface area contributed by atoms with Crippen LogP contribution in [-0.4, -0.2) is 69.6 Å². The zero-order valence-electron chi connectivity index (χ0n) is 19.3. The third-order valence-corrected chi connectivity index (χ3v) is 8.05. The van der Waals surface area contributed by atoms with Crippen molar-refractivity contribution < 1.29 is 17.9 Å². The highest BCUT2D eigenvalue weighted by atomic mass is 32.2. The summed E-state index contributed by atoms with van der Waals surface area (Å²) in [7, 11) is -3.87. The Morgan fingerprint density at radius 1 is 1.12 bits per heavy atom. The van der Waals surface area contributed by atoms with Crippen molar-refractivity contribution in [3.05, 3.63) is 48.5 Å². The maximum absolute atomic E-state index is 13.2. The van der Waals surface area contributed by atoms with Crippen molar-refractivity contribution in [2.24, 2.45) is 0 Å². The summed E-state index contributed by atoms with van der Waals surface area (Å²) in [5.74, 6) is -0.246. The summed E-state index contributed by atoms with van der Waals surface area (Å²) in [5.41, 5.74) is 3.73. The van der Waals surface area contributed by atoms with E-state index >= 15 is 0 Å². The Bertz CT molecular complexity index is 1260. The Hall–Kier alpha value is -2.88. The molecule has 0 bridgehead atoms. The van der Waals surface area contributed by atoms with Crippen LogP contribution < -0.4 is 9.62 Å². The van der Waals surface area contributed by atoms with Crippen molar-refractivity contribution in [1.29, 1.82) is 0 Å². The second-order valence-electron chi connectivity index (χ2n) is 8.98. The van der Waals surface area contributed by atoms with Gasteiger partial charge in [-0.2, -0.15) is 0 Å². The number of amides is 1. The number of anilines is 1. The van der Waals surface area contributed by atoms with Gasteiger partial charge in [0.1, 0.15) is 0 Å². The first-order chi connectivity index (χ1) is 16.4. The first-order valence-corrected chi connectivity index (χ1v) is 13.2. The summed E-state index contributed by atoms with van der Waals surface area (Å²) in [5, 5.41) is 1.07. The number of H-pyrrole nitrogens is 1. The molecule has 0 saturated carbocycles. The van der Waals surface area contributed by atoms with Crippen LogP contribution in [0, 0.1) is 0 Å². The fourth-order valence-electron chi connectivity index (χ4n) is 4.79. The number of para-hydroxylation sites is 1. The van der Waals surface area contributed by atoms with Crippen LogP contribution in [0.2, 0.25) is 0 Å². The van der Waals surface area contributed by atoms with E-state index in [1.165, 1.54) is 0 Å². The van der Waals surface area contributed by atoms with E-state index in [0.717, 1.165) is 53.8 Å². The van der Waals surface area contributed by atoms with E-state index < -0.39 is 10.0 Å². The van der Waals surface area contributed by atoms with Crippen LogP contribution in [-0.2, 0) is 19.6 Å². The van der Waals surface area contributed by atoms with Crippen LogP contribution in [0.1, 0.15) is 19.8 Å². The molecular weight excluding hydrogens is 452 g/mol. The smallest absolute Gasteiger partial charge is 0.241 e. The molecule has 8 nitrogen and oxygen atoms in total. The van der Waals surface area contributed by atoms with Crippen LogP contribution >= 0.6 is 0 Å². The Labute approximate surface area is 199 Å². The Morgan fingerprint density at radius 2 is 1.91 bits per heavy atom. The Morgan fingerprint density at radius 3 is 2.68 bits per heavy atom. The lowest BCUT2D eigenvalue weighted by Gasteiger charge is -2.33. The Balaban J connectivity index is 1.44. The van der Waals surface area contributed by atoms with Gasteiger partial charge in [0.2, 0.25) is 15.9 Å². The number of hydrogen-bond acceptors (Lipinski definition) is 5. The standard InChI is InChI=1S/C25H30N4O4S/c1-18-17-33-13-12-29(18)25(30)16-26-34(31,32)20-8-9-24(28-10-4-5-11-28)21(15-20)23-14-19-6-2-3-7-22(19)27-23/h2-3,6-9,14-15,18,26-27H,4-5,10-13,16-17H2,1H3. The molecule has 2 aliphatic rings. The molecule has 3 heterocycles. The van der Waals surface area contributed by atoms with E-state index in [1.54, 1.807) is 17.0 Å². The molecule has 3 aromatic rings. The zero-order valence-corrected chi connectivity index (χ0v) is 20.1. The van der Waals surface area contributed by atoms with E-state index in [0.29, 0.717) is 19.8 Å². The van der Waals surface area contributed by atoms with E-state index in [9.17, 15) is 13.2 Å². The summed E-state index contributed by atoms with van der Waals surface area (Å²) in [6.45, 7) is 4.92. The second kappa shape index (κ2) is 9.40. The lowest BCUT2D eigenvalue weighted by Crippen LogP contribution is -2.50. The minimum absolute atomic E-state index is 0.0703. The van der Waals surface area contributed by atoms with Gasteiger partial charge in [-0.15, -0.1) is 0 Å². The highest BCUT2D eigenvalue weighted by molar-refractivity contribution is 7.89. The molecule has 5 rings (SSSR count). The van der Waals surface area contributed by atoms with Gasteiger partial charge in [0, 0.05) is 47.5 Å². The molecule has 34 heavy (non-hydrogen) atoms. The lowest BCUT2D eigenvalue weighted by molar-refractivity contribution is -0.137. The van der Waals surface area contributed by atoms with Gasteiger partial charge in [-0.3, -0.25) is 4.79 Å². The molecule has 0 spiro atoms. The summed E-state index contributed by atoms with van der Waals surface area (Å²) >= 11 is 0. The number of aromatic amines is 1. The van der Waals surface area contributed by atoms with Crippen molar-refractivity contribution in [2.45, 2.75) is 30.7 Å². The molecule has 2 aliphatic heterocycles. The van der Waals surface area contributed by atoms with Crippen LogP contribution in [0.25, 0.3) is 22.2 Å². The number of benzene rings is 2. The predicted molar refractivity (Wildman–Crippen MR) is 132 cm³/mol. The largest absolute Gasteiger partial charge is 0.377 e. The van der Waals surface area contributed by atoms with Crippen molar-refractivity contribution in [3.8, 4) is 11.3 Å². The van der Waals surface area contributed by atoms with Gasteiger partial charge in [0.05, 0.1) is 30.7 Å². The average Bonchev–Trinajstić information content (AvgIpc) is 3.52. The molecular formula is C25H30N4O4S. The number of aromatic nitrogens is 1. The minimum atomic E-state index is -3.87. The maximum Gasteiger partial charge on any atom is 0.241 e. The van der Waals surface area contributed by atoms with Gasteiger partial charge in [0.25, 0.3) is 0 Å². The van der Waals surface area contributed by atoms with Crippen molar-refractivity contribution in [2.75, 3.05) is 44.3 Å². The number of hydrogen-bond donors (Lipinski definition) is 2. The third kappa shape index (κ3) is 4.55. The van der Waals surface area contributed by atoms with Crippen molar-refractivity contribution in [1.82, 2.24) is 14.6 Å². The second-order valence-corrected chi connectivity index (χ2v) is 10.7. The van der Waals surface area contributed by atoms with E-state index in [2.05, 4.69) is 20.7 Å². The van der Waals surface area contributed by atoms with Gasteiger partial charge in [-0.25, -0.2) is 13.1 Å². The maximum atomic E-state index is 13.2. The monoisotopic (exact) mass is 482 g/mol. The molecule has 2 aromatic carbocycles. The molecule has 0 aliphatic carbocycles. The third-order valence-electron chi connectivity index (χ3n) is 6.65. The number of morpholine rings is 1. The molecule has 2 N–H and O–H groups in total. The van der Waals surface area contributed by atoms with Gasteiger partial charge in [0.15, 0.2) is 0 Å². The fourth-order valence-corrected chi connectivity index (χ4v) is 5.79. The predicted octanol–water partition coefficient (Wildman–Crippen LogP) is 2.96. The molecule has 1 atom stereocenters. The summed E-state index contributed by atoms with van der Waals surface area (Å²) < 4.78 is 34.2. The highest BCUT2D eigenvalue weighted by Gasteiger charge is 2.26. The molecule has 1 amide bonds. The van der Waals surface area contributed by atoms with Crippen LogP contribution in [0.5, 0.6) is 0 Å². The van der Waals surface area contributed by atoms with Gasteiger partial charge in [-0.05, 0) is 50.1 Å². The van der Waals surface area contributed by atoms with Crippen molar-refractivity contribution in [3.63, 3.8) is 0 Å². The van der Waals surface area contributed by atoms with Crippen LogP contribution in [0.15, 0.2) is 53.4 Å². The quantitative estimate of drug-likeness (QED) is 0.563. The minimum Gasteiger partial charge on any atom is -0.377 e. The first-order valence-electron chi connectivity index (χ1n) is 11.8. The fraction of sp³-hybridized carbons (Fsp3) is 0.400. The molecule has 0 radical (unpaired) electrons.